The average Bonchev–Trinajstić information content (AvgIpc) is 2.35. The smallest absolute Gasteiger partial charge is 0.211 e. The van der Waals surface area contributed by atoms with E-state index in [4.69, 9.17) is 0 Å². The molecule has 124 valence electrons. The fourth-order valence-electron chi connectivity index (χ4n) is 2.33. The van der Waals surface area contributed by atoms with Gasteiger partial charge in [0.05, 0.1) is 10.6 Å². The molecule has 0 fully saturated rings. The van der Waals surface area contributed by atoms with Crippen molar-refractivity contribution in [2.75, 3.05) is 0 Å². The lowest BCUT2D eigenvalue weighted by Crippen LogP contribution is -2.31. The largest absolute Gasteiger partial charge is 0.253 e. The molecule has 0 aromatic heterocycles. The van der Waals surface area contributed by atoms with Crippen LogP contribution in [0.2, 0.25) is 0 Å². The molecule has 0 saturated carbocycles. The molecule has 23 heavy (non-hydrogen) atoms. The summed E-state index contributed by atoms with van der Waals surface area (Å²) in [6.45, 7) is 5.54. The van der Waals surface area contributed by atoms with Gasteiger partial charge in [-0.05, 0) is 38.5 Å². The molecule has 0 amide bonds. The molecule has 0 aliphatic carbocycles. The quantitative estimate of drug-likeness (QED) is 0.895. The van der Waals surface area contributed by atoms with Crippen molar-refractivity contribution in [2.45, 2.75) is 31.4 Å². The van der Waals surface area contributed by atoms with Crippen molar-refractivity contribution >= 4 is 20.0 Å². The molecule has 1 N–H and O–H groups in total. The molecule has 0 saturated heterocycles. The summed E-state index contributed by atoms with van der Waals surface area (Å²) < 4.78 is 50.6. The van der Waals surface area contributed by atoms with Gasteiger partial charge in [0.2, 0.25) is 10.0 Å². The zero-order chi connectivity index (χ0) is 17.3. The standard InChI is InChI=1S/C16H19NO4S2/c1-12-4-6-16(7-5-12)23(20,21)17-22(18,19)11-15-9-13(2)8-14(3)10-15/h4-10,17H,11H2,1-3H3. The third-order valence-electron chi connectivity index (χ3n) is 3.21. The first kappa shape index (κ1) is 17.7. The maximum absolute atomic E-state index is 12.2. The van der Waals surface area contributed by atoms with Crippen LogP contribution in [0, 0.1) is 20.8 Å². The van der Waals surface area contributed by atoms with Crippen LogP contribution in [0.5, 0.6) is 0 Å². The van der Waals surface area contributed by atoms with E-state index in [1.807, 2.05) is 26.8 Å². The van der Waals surface area contributed by atoms with Crippen molar-refractivity contribution in [1.82, 2.24) is 4.13 Å². The lowest BCUT2D eigenvalue weighted by atomic mass is 10.1. The normalized spacial score (nSPS) is 12.3. The van der Waals surface area contributed by atoms with Gasteiger partial charge in [0.15, 0.2) is 0 Å². The molecule has 0 unspecified atom stereocenters. The molecule has 0 aliphatic rings. The van der Waals surface area contributed by atoms with E-state index in [1.165, 1.54) is 12.1 Å². The summed E-state index contributed by atoms with van der Waals surface area (Å²) in [5.41, 5.74) is 3.30. The molecule has 5 nitrogen and oxygen atoms in total. The maximum Gasteiger partial charge on any atom is 0.253 e. The molecule has 2 rings (SSSR count). The minimum Gasteiger partial charge on any atom is -0.211 e. The molecule has 0 heterocycles. The molecule has 0 bridgehead atoms. The lowest BCUT2D eigenvalue weighted by Gasteiger charge is -2.09. The zero-order valence-electron chi connectivity index (χ0n) is 13.2. The fourth-order valence-corrected chi connectivity index (χ4v) is 5.39. The van der Waals surface area contributed by atoms with Gasteiger partial charge in [-0.3, -0.25) is 0 Å². The summed E-state index contributed by atoms with van der Waals surface area (Å²) in [6, 6.07) is 11.4. The van der Waals surface area contributed by atoms with E-state index in [0.717, 1.165) is 16.7 Å². The van der Waals surface area contributed by atoms with Crippen LogP contribution in [0.15, 0.2) is 47.4 Å². The van der Waals surface area contributed by atoms with E-state index in [2.05, 4.69) is 0 Å². The summed E-state index contributed by atoms with van der Waals surface area (Å²) >= 11 is 0. The minimum absolute atomic E-state index is 0.0768. The maximum atomic E-state index is 12.2. The Morgan fingerprint density at radius 3 is 1.83 bits per heavy atom. The number of rotatable bonds is 5. The van der Waals surface area contributed by atoms with E-state index < -0.39 is 20.0 Å². The Labute approximate surface area is 137 Å². The van der Waals surface area contributed by atoms with Crippen LogP contribution in [-0.4, -0.2) is 16.8 Å². The van der Waals surface area contributed by atoms with E-state index in [9.17, 15) is 16.8 Å². The van der Waals surface area contributed by atoms with E-state index in [0.29, 0.717) is 5.56 Å². The average molecular weight is 353 g/mol. The van der Waals surface area contributed by atoms with Gasteiger partial charge in [-0.15, -0.1) is 4.13 Å². The third kappa shape index (κ3) is 4.89. The first-order valence-electron chi connectivity index (χ1n) is 6.97. The Balaban J connectivity index is 2.25. The van der Waals surface area contributed by atoms with Gasteiger partial charge < -0.3 is 0 Å². The second-order valence-electron chi connectivity index (χ2n) is 5.65. The predicted octanol–water partition coefficient (Wildman–Crippen LogP) is 2.42. The molecule has 2 aromatic carbocycles. The van der Waals surface area contributed by atoms with E-state index in [1.54, 1.807) is 28.4 Å². The monoisotopic (exact) mass is 353 g/mol. The van der Waals surface area contributed by atoms with Gasteiger partial charge in [0, 0.05) is 0 Å². The molecule has 0 aliphatic heterocycles. The molecule has 0 spiro atoms. The Morgan fingerprint density at radius 1 is 0.783 bits per heavy atom. The van der Waals surface area contributed by atoms with Crippen molar-refractivity contribution in [3.8, 4) is 0 Å². The van der Waals surface area contributed by atoms with Crippen molar-refractivity contribution in [3.05, 3.63) is 64.7 Å². The van der Waals surface area contributed by atoms with Gasteiger partial charge in [0.25, 0.3) is 10.0 Å². The van der Waals surface area contributed by atoms with Crippen LogP contribution >= 0.6 is 0 Å². The summed E-state index contributed by atoms with van der Waals surface area (Å²) in [7, 11) is -8.14. The van der Waals surface area contributed by atoms with E-state index >= 15 is 0 Å². The molecule has 0 atom stereocenters. The van der Waals surface area contributed by atoms with Crippen molar-refractivity contribution in [2.24, 2.45) is 0 Å². The number of nitrogens with one attached hydrogen (secondary N) is 1. The van der Waals surface area contributed by atoms with Gasteiger partial charge >= 0.3 is 0 Å². The van der Waals surface area contributed by atoms with Crippen molar-refractivity contribution in [1.29, 1.82) is 0 Å². The van der Waals surface area contributed by atoms with Gasteiger partial charge in [-0.25, -0.2) is 16.8 Å². The topological polar surface area (TPSA) is 80.3 Å². The number of hydrogen-bond donors (Lipinski definition) is 1. The SMILES string of the molecule is Cc1ccc(S(=O)(=O)NS(=O)(=O)Cc2cc(C)cc(C)c2)cc1. The van der Waals surface area contributed by atoms with E-state index in [-0.39, 0.29) is 10.6 Å². The Kier molecular flexibility index (Phi) is 4.93. The summed E-state index contributed by atoms with van der Waals surface area (Å²) in [4.78, 5) is -0.0768. The molecular formula is C16H19NO4S2. The van der Waals surface area contributed by atoms with Gasteiger partial charge in [0.1, 0.15) is 0 Å². The summed E-state index contributed by atoms with van der Waals surface area (Å²) in [6.07, 6.45) is 0. The number of aryl methyl sites for hydroxylation is 3. The van der Waals surface area contributed by atoms with Crippen LogP contribution in [-0.2, 0) is 25.8 Å². The van der Waals surface area contributed by atoms with Crippen LogP contribution in [0.1, 0.15) is 22.3 Å². The molecular weight excluding hydrogens is 334 g/mol. The van der Waals surface area contributed by atoms with Crippen LogP contribution in [0.3, 0.4) is 0 Å². The molecule has 0 radical (unpaired) electrons. The summed E-state index contributed by atoms with van der Waals surface area (Å²) in [5, 5.41) is 0. The number of sulfonamides is 2. The van der Waals surface area contributed by atoms with Crippen molar-refractivity contribution < 1.29 is 16.8 Å². The highest BCUT2D eigenvalue weighted by Gasteiger charge is 2.23. The Bertz CT molecular complexity index is 895. The van der Waals surface area contributed by atoms with Crippen molar-refractivity contribution in [3.63, 3.8) is 0 Å². The highest BCUT2D eigenvalue weighted by molar-refractivity contribution is 8.04. The van der Waals surface area contributed by atoms with Gasteiger partial charge in [-0.1, -0.05) is 47.0 Å². The second-order valence-corrected chi connectivity index (χ2v) is 9.32. The van der Waals surface area contributed by atoms with Crippen LogP contribution < -0.4 is 4.13 Å². The first-order chi connectivity index (χ1) is 10.6. The van der Waals surface area contributed by atoms with Gasteiger partial charge in [-0.2, -0.15) is 0 Å². The summed E-state index contributed by atoms with van der Waals surface area (Å²) in [5.74, 6) is -0.388. The number of benzene rings is 2. The Morgan fingerprint density at radius 2 is 1.30 bits per heavy atom. The Hall–Kier alpha value is -1.70. The number of hydrogen-bond acceptors (Lipinski definition) is 4. The predicted molar refractivity (Wildman–Crippen MR) is 90.0 cm³/mol. The van der Waals surface area contributed by atoms with Crippen LogP contribution in [0.25, 0.3) is 0 Å². The third-order valence-corrected chi connectivity index (χ3v) is 6.71. The van der Waals surface area contributed by atoms with Crippen LogP contribution in [0.4, 0.5) is 0 Å². The minimum atomic E-state index is -4.11. The first-order valence-corrected chi connectivity index (χ1v) is 10.1. The fraction of sp³-hybridized carbons (Fsp3) is 0.250. The lowest BCUT2D eigenvalue weighted by molar-refractivity contribution is 0.576. The highest BCUT2D eigenvalue weighted by atomic mass is 32.3. The highest BCUT2D eigenvalue weighted by Crippen LogP contribution is 2.15. The second kappa shape index (κ2) is 6.43. The molecule has 7 heteroatoms. The zero-order valence-corrected chi connectivity index (χ0v) is 14.8. The molecule has 2 aromatic rings.